The molecule has 2 N–H and O–H groups in total. The quantitative estimate of drug-likeness (QED) is 0.599. The predicted octanol–water partition coefficient (Wildman–Crippen LogP) is 4.47. The van der Waals surface area contributed by atoms with Crippen LogP contribution in [0.1, 0.15) is 71.1 Å². The molecule has 0 aromatic carbocycles. The number of halogens is 1. The van der Waals surface area contributed by atoms with Gasteiger partial charge in [-0.25, -0.2) is 0 Å². The van der Waals surface area contributed by atoms with E-state index in [1.165, 1.54) is 64.2 Å². The summed E-state index contributed by atoms with van der Waals surface area (Å²) in [5.74, 6) is 0. The summed E-state index contributed by atoms with van der Waals surface area (Å²) in [5.41, 5.74) is 5.42. The van der Waals surface area contributed by atoms with Crippen LogP contribution >= 0.6 is 12.4 Å². The number of rotatable bonds is 10. The molecule has 0 radical (unpaired) electrons. The Morgan fingerprint density at radius 3 is 1.22 bits per heavy atom. The topological polar surface area (TPSA) is 29.3 Å². The maximum absolute atomic E-state index is 5.42. The Morgan fingerprint density at radius 1 is 0.667 bits per heavy atom. The predicted molar refractivity (Wildman–Crippen MR) is 87.8 cm³/mol. The van der Waals surface area contributed by atoms with Crippen molar-refractivity contribution in [2.45, 2.75) is 71.1 Å². The lowest BCUT2D eigenvalue weighted by Gasteiger charge is -2.00. The summed E-state index contributed by atoms with van der Waals surface area (Å²) in [6, 6.07) is 0. The highest BCUT2D eigenvalue weighted by Gasteiger charge is 1.91. The Balaban J connectivity index is -0.000000392. The Hall–Kier alpha value is 0.210. The Bertz CT molecular complexity index is 106. The summed E-state index contributed by atoms with van der Waals surface area (Å²) in [6.45, 7) is 3.14. The van der Waals surface area contributed by atoms with Crippen LogP contribution in [0.3, 0.4) is 0 Å². The van der Waals surface area contributed by atoms with Gasteiger partial charge in [-0.2, -0.15) is 0 Å². The van der Waals surface area contributed by atoms with Gasteiger partial charge in [0.1, 0.15) is 0 Å². The lowest BCUT2D eigenvalue weighted by molar-refractivity contribution is 0.505. The second-order valence-electron chi connectivity index (χ2n) is 5.31. The summed E-state index contributed by atoms with van der Waals surface area (Å²) >= 11 is 0. The third-order valence-corrected chi connectivity index (χ3v) is 2.56. The Morgan fingerprint density at radius 2 is 0.944 bits per heavy atom. The molecule has 0 atom stereocenters. The first-order chi connectivity index (χ1) is 8.15. The van der Waals surface area contributed by atoms with Gasteiger partial charge in [-0.1, -0.05) is 64.7 Å². The van der Waals surface area contributed by atoms with Crippen LogP contribution in [0.4, 0.5) is 0 Å². The van der Waals surface area contributed by atoms with Gasteiger partial charge in [-0.3, -0.25) is 0 Å². The van der Waals surface area contributed by atoms with E-state index in [1.807, 2.05) is 26.0 Å². The number of nitrogens with two attached hydrogens (primary N) is 1. The molecule has 3 heteroatoms. The molecule has 0 fully saturated rings. The number of unbranched alkanes of at least 4 members (excludes halogenated alkanes) is 9. The zero-order chi connectivity index (χ0) is 13.4. The third-order valence-electron chi connectivity index (χ3n) is 2.56. The van der Waals surface area contributed by atoms with E-state index in [2.05, 4.69) is 6.92 Å². The van der Waals surface area contributed by atoms with E-state index in [0.29, 0.717) is 0 Å². The first kappa shape index (κ1) is 23.3. The number of nitrogens with zero attached hydrogens (tertiary/aromatic N) is 1. The van der Waals surface area contributed by atoms with Crippen LogP contribution in [0, 0.1) is 0 Å². The molecule has 0 aromatic heterocycles. The summed E-state index contributed by atoms with van der Waals surface area (Å²) in [4.78, 5) is 2.00. The second kappa shape index (κ2) is 22.4. The number of hydrogen-bond donors (Lipinski definition) is 1. The fourth-order valence-electron chi connectivity index (χ4n) is 1.63. The highest BCUT2D eigenvalue weighted by molar-refractivity contribution is 5.85. The number of hydrogen-bond acceptors (Lipinski definition) is 2. The molecule has 0 aliphatic rings. The van der Waals surface area contributed by atoms with Crippen molar-refractivity contribution in [2.24, 2.45) is 5.73 Å². The molecule has 0 bridgehead atoms. The van der Waals surface area contributed by atoms with Crippen LogP contribution in [0.2, 0.25) is 0 Å². The van der Waals surface area contributed by atoms with Crippen LogP contribution in [0.5, 0.6) is 0 Å². The minimum Gasteiger partial charge on any atom is -0.330 e. The maximum Gasteiger partial charge on any atom is -0.00773 e. The molecular weight excluding hydrogens is 244 g/mol. The molecule has 0 aliphatic heterocycles. The van der Waals surface area contributed by atoms with E-state index >= 15 is 0 Å². The Labute approximate surface area is 122 Å². The molecule has 0 spiro atoms. The SMILES string of the molecule is CCCCCCCCCCCCN.CN(C)C.Cl. The van der Waals surface area contributed by atoms with Crippen molar-refractivity contribution in [3.63, 3.8) is 0 Å². The largest absolute Gasteiger partial charge is 0.330 e. The van der Waals surface area contributed by atoms with Gasteiger partial charge in [0.2, 0.25) is 0 Å². The average Bonchev–Trinajstić information content (AvgIpc) is 2.26. The summed E-state index contributed by atoms with van der Waals surface area (Å²) in [5, 5.41) is 0. The van der Waals surface area contributed by atoms with Crippen molar-refractivity contribution in [2.75, 3.05) is 27.7 Å². The smallest absolute Gasteiger partial charge is 0.00773 e. The molecule has 0 saturated carbocycles. The molecule has 0 saturated heterocycles. The van der Waals surface area contributed by atoms with Crippen molar-refractivity contribution in [3.05, 3.63) is 0 Å². The first-order valence-electron chi connectivity index (χ1n) is 7.46. The highest BCUT2D eigenvalue weighted by Crippen LogP contribution is 2.09. The molecule has 0 heterocycles. The van der Waals surface area contributed by atoms with Crippen LogP contribution in [-0.2, 0) is 0 Å². The van der Waals surface area contributed by atoms with Crippen molar-refractivity contribution < 1.29 is 0 Å². The summed E-state index contributed by atoms with van der Waals surface area (Å²) < 4.78 is 0. The van der Waals surface area contributed by atoms with E-state index in [1.54, 1.807) is 0 Å². The lowest BCUT2D eigenvalue weighted by Crippen LogP contribution is -1.99. The molecule has 114 valence electrons. The zero-order valence-corrected chi connectivity index (χ0v) is 14.0. The zero-order valence-electron chi connectivity index (χ0n) is 13.2. The van der Waals surface area contributed by atoms with Crippen LogP contribution < -0.4 is 5.73 Å². The molecule has 0 unspecified atom stereocenters. The van der Waals surface area contributed by atoms with Gasteiger partial charge in [0.05, 0.1) is 0 Å². The standard InChI is InChI=1S/C12H27N.C3H9N.ClH/c1-2-3-4-5-6-7-8-9-10-11-12-13;1-4(2)3;/h2-13H2,1H3;1-3H3;1H. The van der Waals surface area contributed by atoms with Crippen molar-refractivity contribution in [1.29, 1.82) is 0 Å². The molecule has 0 aliphatic carbocycles. The average molecular weight is 281 g/mol. The van der Waals surface area contributed by atoms with E-state index in [0.717, 1.165) is 6.54 Å². The van der Waals surface area contributed by atoms with Crippen molar-refractivity contribution in [1.82, 2.24) is 4.90 Å². The minimum atomic E-state index is 0. The van der Waals surface area contributed by atoms with Gasteiger partial charge in [0.25, 0.3) is 0 Å². The highest BCUT2D eigenvalue weighted by atomic mass is 35.5. The van der Waals surface area contributed by atoms with Gasteiger partial charge in [0, 0.05) is 0 Å². The summed E-state index contributed by atoms with van der Waals surface area (Å²) in [6.07, 6.45) is 13.9. The van der Waals surface area contributed by atoms with Gasteiger partial charge < -0.3 is 10.6 Å². The molecule has 0 rings (SSSR count). The second-order valence-corrected chi connectivity index (χ2v) is 5.31. The molecule has 0 aromatic rings. The van der Waals surface area contributed by atoms with Crippen LogP contribution in [-0.4, -0.2) is 32.6 Å². The van der Waals surface area contributed by atoms with Crippen molar-refractivity contribution in [3.8, 4) is 0 Å². The monoisotopic (exact) mass is 280 g/mol. The maximum atomic E-state index is 5.42. The van der Waals surface area contributed by atoms with E-state index < -0.39 is 0 Å². The van der Waals surface area contributed by atoms with Gasteiger partial charge in [0.15, 0.2) is 0 Å². The molecule has 0 amide bonds. The first-order valence-corrected chi connectivity index (χ1v) is 7.46. The van der Waals surface area contributed by atoms with E-state index in [9.17, 15) is 0 Å². The van der Waals surface area contributed by atoms with Gasteiger partial charge in [-0.05, 0) is 34.1 Å². The van der Waals surface area contributed by atoms with Gasteiger partial charge in [-0.15, -0.1) is 12.4 Å². The normalized spacial score (nSPS) is 9.67. The third kappa shape index (κ3) is 36.0. The minimum absolute atomic E-state index is 0. The fraction of sp³-hybridized carbons (Fsp3) is 1.00. The van der Waals surface area contributed by atoms with Crippen LogP contribution in [0.15, 0.2) is 0 Å². The van der Waals surface area contributed by atoms with Crippen molar-refractivity contribution >= 4 is 12.4 Å². The molecule has 2 nitrogen and oxygen atoms in total. The van der Waals surface area contributed by atoms with Gasteiger partial charge >= 0.3 is 0 Å². The fourth-order valence-corrected chi connectivity index (χ4v) is 1.63. The molecular formula is C15H37ClN2. The van der Waals surface area contributed by atoms with E-state index in [-0.39, 0.29) is 12.4 Å². The summed E-state index contributed by atoms with van der Waals surface area (Å²) in [7, 11) is 6.00. The molecule has 18 heavy (non-hydrogen) atoms. The lowest BCUT2D eigenvalue weighted by atomic mass is 10.1. The van der Waals surface area contributed by atoms with E-state index in [4.69, 9.17) is 5.73 Å². The van der Waals surface area contributed by atoms with Crippen LogP contribution in [0.25, 0.3) is 0 Å². The Kier molecular flexibility index (Phi) is 29.0.